The molecule has 1 saturated heterocycles. The molecule has 1 heterocycles. The normalized spacial score (nSPS) is 26.2. The first-order valence-electron chi connectivity index (χ1n) is 6.18. The van der Waals surface area contributed by atoms with Gasteiger partial charge >= 0.3 is 5.97 Å². The smallest absolute Gasteiger partial charge is 0.327 e. The number of aliphatic carboxylic acids is 1. The highest BCUT2D eigenvalue weighted by Gasteiger charge is 2.50. The van der Waals surface area contributed by atoms with Gasteiger partial charge in [0.1, 0.15) is 6.04 Å². The number of carboxylic acids is 1. The largest absolute Gasteiger partial charge is 0.480 e. The van der Waals surface area contributed by atoms with Crippen molar-refractivity contribution in [1.29, 1.82) is 0 Å². The molecule has 0 aliphatic carbocycles. The molecule has 0 radical (unpaired) electrons. The predicted molar refractivity (Wildman–Crippen MR) is 70.8 cm³/mol. The fourth-order valence-electron chi connectivity index (χ4n) is 1.81. The van der Waals surface area contributed by atoms with Gasteiger partial charge in [-0.1, -0.05) is 20.8 Å². The number of carboxylic acid groups (broad SMARTS) is 1. The lowest BCUT2D eigenvalue weighted by atomic mass is 9.86. The SMILES string of the molecule is CC(O[Si](C)(C)C(C)(C)C)[C@@H]1C(=O)N[C@H]1C(=O)O. The van der Waals surface area contributed by atoms with Crippen LogP contribution in [0.3, 0.4) is 0 Å². The summed E-state index contributed by atoms with van der Waals surface area (Å²) < 4.78 is 6.07. The Morgan fingerprint density at radius 3 is 2.28 bits per heavy atom. The molecular formula is C12H23NO4Si. The molecule has 0 aromatic carbocycles. The van der Waals surface area contributed by atoms with E-state index in [9.17, 15) is 9.59 Å². The zero-order valence-electron chi connectivity index (χ0n) is 11.9. The summed E-state index contributed by atoms with van der Waals surface area (Å²) in [5.41, 5.74) is 0. The average molecular weight is 273 g/mol. The van der Waals surface area contributed by atoms with Gasteiger partial charge in [0.15, 0.2) is 8.32 Å². The second-order valence-electron chi connectivity index (χ2n) is 6.43. The minimum atomic E-state index is -1.98. The van der Waals surface area contributed by atoms with Crippen LogP contribution in [0, 0.1) is 5.92 Å². The minimum Gasteiger partial charge on any atom is -0.480 e. The van der Waals surface area contributed by atoms with Crippen molar-refractivity contribution in [3.8, 4) is 0 Å². The first kappa shape index (κ1) is 15.2. The molecule has 1 aliphatic heterocycles. The molecule has 1 amide bonds. The number of carbonyl (C=O) groups is 2. The summed E-state index contributed by atoms with van der Waals surface area (Å²) in [5.74, 6) is -1.80. The third-order valence-electron chi connectivity index (χ3n) is 4.02. The van der Waals surface area contributed by atoms with Crippen LogP contribution in [0.2, 0.25) is 18.1 Å². The highest BCUT2D eigenvalue weighted by molar-refractivity contribution is 6.74. The Kier molecular flexibility index (Phi) is 3.93. The van der Waals surface area contributed by atoms with E-state index in [1.165, 1.54) is 0 Å². The molecule has 1 unspecified atom stereocenters. The fourth-order valence-corrected chi connectivity index (χ4v) is 3.24. The number of hydrogen-bond donors (Lipinski definition) is 2. The van der Waals surface area contributed by atoms with E-state index in [1.54, 1.807) is 6.92 Å². The maximum atomic E-state index is 11.5. The Hall–Kier alpha value is -0.883. The molecule has 1 aliphatic rings. The molecule has 0 aromatic rings. The van der Waals surface area contributed by atoms with E-state index in [2.05, 4.69) is 39.2 Å². The van der Waals surface area contributed by atoms with Gasteiger partial charge in [0.25, 0.3) is 0 Å². The van der Waals surface area contributed by atoms with Crippen molar-refractivity contribution in [3.63, 3.8) is 0 Å². The predicted octanol–water partition coefficient (Wildman–Crippen LogP) is 1.60. The van der Waals surface area contributed by atoms with Crippen molar-refractivity contribution in [3.05, 3.63) is 0 Å². The first-order chi connectivity index (χ1) is 7.97. The van der Waals surface area contributed by atoms with Crippen LogP contribution >= 0.6 is 0 Å². The van der Waals surface area contributed by atoms with Gasteiger partial charge in [-0.25, -0.2) is 4.79 Å². The van der Waals surface area contributed by atoms with E-state index < -0.39 is 26.2 Å². The summed E-state index contributed by atoms with van der Waals surface area (Å²) in [5, 5.41) is 11.4. The van der Waals surface area contributed by atoms with Crippen LogP contribution in [0.5, 0.6) is 0 Å². The third kappa shape index (κ3) is 2.75. The molecule has 2 N–H and O–H groups in total. The lowest BCUT2D eigenvalue weighted by molar-refractivity contribution is -0.156. The molecule has 0 aromatic heterocycles. The summed E-state index contributed by atoms with van der Waals surface area (Å²) in [4.78, 5) is 22.4. The first-order valence-corrected chi connectivity index (χ1v) is 9.09. The Morgan fingerprint density at radius 2 is 1.94 bits per heavy atom. The highest BCUT2D eigenvalue weighted by Crippen LogP contribution is 2.38. The van der Waals surface area contributed by atoms with Gasteiger partial charge in [-0.2, -0.15) is 0 Å². The molecular weight excluding hydrogens is 250 g/mol. The highest BCUT2D eigenvalue weighted by atomic mass is 28.4. The van der Waals surface area contributed by atoms with E-state index in [-0.39, 0.29) is 17.0 Å². The van der Waals surface area contributed by atoms with Crippen LogP contribution < -0.4 is 5.32 Å². The Balaban J connectivity index is 2.74. The number of amides is 1. The molecule has 104 valence electrons. The van der Waals surface area contributed by atoms with E-state index >= 15 is 0 Å². The van der Waals surface area contributed by atoms with Gasteiger partial charge in [-0.3, -0.25) is 4.79 Å². The van der Waals surface area contributed by atoms with Crippen molar-refractivity contribution in [1.82, 2.24) is 5.32 Å². The Labute approximate surface area is 109 Å². The molecule has 5 nitrogen and oxygen atoms in total. The number of rotatable bonds is 4. The van der Waals surface area contributed by atoms with E-state index in [1.807, 2.05) is 0 Å². The number of β-lactam (4-membered cyclic amide) rings is 1. The fraction of sp³-hybridized carbons (Fsp3) is 0.833. The van der Waals surface area contributed by atoms with Crippen molar-refractivity contribution in [2.24, 2.45) is 5.92 Å². The zero-order chi connectivity index (χ0) is 14.3. The molecule has 1 fully saturated rings. The van der Waals surface area contributed by atoms with Crippen molar-refractivity contribution in [2.45, 2.75) is 58.0 Å². The van der Waals surface area contributed by atoms with Crippen molar-refractivity contribution < 1.29 is 19.1 Å². The van der Waals surface area contributed by atoms with Gasteiger partial charge in [-0.05, 0) is 25.1 Å². The maximum Gasteiger partial charge on any atom is 0.327 e. The lowest BCUT2D eigenvalue weighted by Gasteiger charge is -2.44. The summed E-state index contributed by atoms with van der Waals surface area (Å²) in [7, 11) is -1.98. The summed E-state index contributed by atoms with van der Waals surface area (Å²) in [6, 6.07) is -0.808. The Bertz CT molecular complexity index is 362. The van der Waals surface area contributed by atoms with E-state index in [0.29, 0.717) is 0 Å². The van der Waals surface area contributed by atoms with E-state index in [0.717, 1.165) is 0 Å². The van der Waals surface area contributed by atoms with Crippen LogP contribution in [-0.4, -0.2) is 37.4 Å². The van der Waals surface area contributed by atoms with Gasteiger partial charge in [-0.15, -0.1) is 0 Å². The van der Waals surface area contributed by atoms with Gasteiger partial charge in [0, 0.05) is 0 Å². The summed E-state index contributed by atoms with van der Waals surface area (Å²) in [6.45, 7) is 12.3. The Morgan fingerprint density at radius 1 is 1.44 bits per heavy atom. The van der Waals surface area contributed by atoms with Gasteiger partial charge < -0.3 is 14.8 Å². The van der Waals surface area contributed by atoms with Gasteiger partial charge in [0.2, 0.25) is 5.91 Å². The van der Waals surface area contributed by atoms with Crippen molar-refractivity contribution in [2.75, 3.05) is 0 Å². The van der Waals surface area contributed by atoms with Crippen LogP contribution in [0.25, 0.3) is 0 Å². The zero-order valence-corrected chi connectivity index (χ0v) is 12.9. The number of carbonyl (C=O) groups excluding carboxylic acids is 1. The average Bonchev–Trinajstić information content (AvgIpc) is 2.10. The van der Waals surface area contributed by atoms with Crippen LogP contribution in [-0.2, 0) is 14.0 Å². The maximum absolute atomic E-state index is 11.5. The molecule has 6 heteroatoms. The quantitative estimate of drug-likeness (QED) is 0.602. The lowest BCUT2D eigenvalue weighted by Crippen LogP contribution is -2.66. The van der Waals surface area contributed by atoms with E-state index in [4.69, 9.17) is 9.53 Å². The molecule has 0 saturated carbocycles. The summed E-state index contributed by atoms with van der Waals surface area (Å²) in [6.07, 6.45) is -0.360. The van der Waals surface area contributed by atoms with Crippen LogP contribution in [0.1, 0.15) is 27.7 Å². The van der Waals surface area contributed by atoms with Gasteiger partial charge in [0.05, 0.1) is 12.0 Å². The monoisotopic (exact) mass is 273 g/mol. The molecule has 18 heavy (non-hydrogen) atoms. The molecule has 0 spiro atoms. The molecule has 0 bridgehead atoms. The molecule has 3 atom stereocenters. The second-order valence-corrected chi connectivity index (χ2v) is 11.2. The molecule has 1 rings (SSSR count). The minimum absolute atomic E-state index is 0.0419. The standard InChI is InChI=1S/C12H23NO4Si/c1-7(17-18(5,6)12(2,3)4)8-9(11(15)16)13-10(8)14/h7-9H,1-6H3,(H,13,14)(H,15,16)/t7?,8-,9+/m0/s1. The summed E-state index contributed by atoms with van der Waals surface area (Å²) >= 11 is 0. The third-order valence-corrected chi connectivity index (χ3v) is 8.59. The second kappa shape index (κ2) is 4.66. The van der Waals surface area contributed by atoms with Crippen LogP contribution in [0.15, 0.2) is 0 Å². The number of hydrogen-bond acceptors (Lipinski definition) is 3. The number of nitrogens with one attached hydrogen (secondary N) is 1. The topological polar surface area (TPSA) is 75.6 Å². The van der Waals surface area contributed by atoms with Crippen molar-refractivity contribution >= 4 is 20.2 Å². The van der Waals surface area contributed by atoms with Crippen LogP contribution in [0.4, 0.5) is 0 Å².